The lowest BCUT2D eigenvalue weighted by molar-refractivity contribution is -0.150. The summed E-state index contributed by atoms with van der Waals surface area (Å²) in [6, 6.07) is 8.33. The molecule has 1 aromatic heterocycles. The Morgan fingerprint density at radius 1 is 1.16 bits per heavy atom. The van der Waals surface area contributed by atoms with Gasteiger partial charge in [0.15, 0.2) is 0 Å². The standard InChI is InChI=1S/C29H38N4O5/c1-4-38-27(36)29(15-17-37-18-29)20-8-10-21(11-9-20)31-26(35)24(32-25(34)22-12-16-30-33(22)3)23(19-6-5-7-19)28(2)13-14-28/h8-12,16,19,23-24H,4-7,13-15,17-18H2,1-3H3,(H,31,35)(H,32,34)/t23?,24-,29?/m0/s1. The van der Waals surface area contributed by atoms with E-state index in [1.807, 2.05) is 24.3 Å². The van der Waals surface area contributed by atoms with Gasteiger partial charge < -0.3 is 20.1 Å². The Hall–Kier alpha value is -3.20. The van der Waals surface area contributed by atoms with Crippen molar-refractivity contribution in [2.45, 2.75) is 63.8 Å². The van der Waals surface area contributed by atoms with Crippen LogP contribution in [0.15, 0.2) is 36.5 Å². The fourth-order valence-electron chi connectivity index (χ4n) is 6.14. The first-order chi connectivity index (χ1) is 18.3. The van der Waals surface area contributed by atoms with Gasteiger partial charge in [0.05, 0.1) is 13.2 Å². The maximum atomic E-state index is 13.8. The minimum absolute atomic E-state index is 0.0468. The van der Waals surface area contributed by atoms with Crippen molar-refractivity contribution in [1.29, 1.82) is 0 Å². The summed E-state index contributed by atoms with van der Waals surface area (Å²) < 4.78 is 12.4. The van der Waals surface area contributed by atoms with Gasteiger partial charge in [-0.15, -0.1) is 0 Å². The van der Waals surface area contributed by atoms with Crippen molar-refractivity contribution >= 4 is 23.5 Å². The number of rotatable bonds is 10. The molecule has 0 spiro atoms. The zero-order valence-electron chi connectivity index (χ0n) is 22.5. The average molecular weight is 523 g/mol. The van der Waals surface area contributed by atoms with Crippen molar-refractivity contribution in [3.05, 3.63) is 47.8 Å². The predicted molar refractivity (Wildman–Crippen MR) is 141 cm³/mol. The summed E-state index contributed by atoms with van der Waals surface area (Å²) in [6.45, 7) is 5.11. The summed E-state index contributed by atoms with van der Waals surface area (Å²) in [4.78, 5) is 39.8. The van der Waals surface area contributed by atoms with Gasteiger partial charge in [-0.1, -0.05) is 38.3 Å². The van der Waals surface area contributed by atoms with Crippen LogP contribution in [-0.4, -0.2) is 53.4 Å². The van der Waals surface area contributed by atoms with Gasteiger partial charge >= 0.3 is 5.97 Å². The third-order valence-electron chi connectivity index (χ3n) is 8.88. The molecule has 0 bridgehead atoms. The molecule has 2 saturated carbocycles. The van der Waals surface area contributed by atoms with Crippen LogP contribution in [0.1, 0.15) is 68.4 Å². The molecule has 2 heterocycles. The van der Waals surface area contributed by atoms with Crippen LogP contribution in [0, 0.1) is 17.3 Å². The summed E-state index contributed by atoms with van der Waals surface area (Å²) in [5.74, 6) is -0.322. The second-order valence-electron chi connectivity index (χ2n) is 11.3. The number of anilines is 1. The maximum Gasteiger partial charge on any atom is 0.319 e. The number of carbonyl (C=O) groups excluding carboxylic acids is 3. The number of ether oxygens (including phenoxy) is 2. The second kappa shape index (κ2) is 10.5. The summed E-state index contributed by atoms with van der Waals surface area (Å²) in [6.07, 6.45) is 7.58. The Labute approximate surface area is 223 Å². The average Bonchev–Trinajstić information content (AvgIpc) is 3.24. The Morgan fingerprint density at radius 2 is 1.89 bits per heavy atom. The maximum absolute atomic E-state index is 13.8. The van der Waals surface area contributed by atoms with Crippen LogP contribution in [0.25, 0.3) is 0 Å². The zero-order chi connectivity index (χ0) is 26.9. The molecule has 1 aliphatic heterocycles. The summed E-state index contributed by atoms with van der Waals surface area (Å²) in [5, 5.41) is 10.2. The monoisotopic (exact) mass is 522 g/mol. The first-order valence-corrected chi connectivity index (χ1v) is 13.7. The minimum atomic E-state index is -0.825. The number of hydrogen-bond donors (Lipinski definition) is 2. The van der Waals surface area contributed by atoms with E-state index in [9.17, 15) is 14.4 Å². The van der Waals surface area contributed by atoms with Crippen molar-refractivity contribution < 1.29 is 23.9 Å². The van der Waals surface area contributed by atoms with Crippen LogP contribution in [0.4, 0.5) is 5.69 Å². The van der Waals surface area contributed by atoms with Crippen molar-refractivity contribution in [1.82, 2.24) is 15.1 Å². The number of aromatic nitrogens is 2. The lowest BCUT2D eigenvalue weighted by Gasteiger charge is -2.42. The fourth-order valence-corrected chi connectivity index (χ4v) is 6.14. The quantitative estimate of drug-likeness (QED) is 0.461. The van der Waals surface area contributed by atoms with Gasteiger partial charge in [-0.2, -0.15) is 5.10 Å². The Balaban J connectivity index is 1.37. The van der Waals surface area contributed by atoms with Crippen LogP contribution in [0.5, 0.6) is 0 Å². The number of esters is 1. The van der Waals surface area contributed by atoms with Crippen LogP contribution >= 0.6 is 0 Å². The molecule has 9 heteroatoms. The van der Waals surface area contributed by atoms with Gasteiger partial charge in [0, 0.05) is 25.5 Å². The van der Waals surface area contributed by atoms with Crippen LogP contribution in [0.3, 0.4) is 0 Å². The molecule has 1 saturated heterocycles. The number of nitrogens with one attached hydrogen (secondary N) is 2. The topological polar surface area (TPSA) is 112 Å². The van der Waals surface area contributed by atoms with E-state index < -0.39 is 11.5 Å². The first-order valence-electron chi connectivity index (χ1n) is 13.7. The molecule has 2 aliphatic carbocycles. The molecule has 38 heavy (non-hydrogen) atoms. The highest BCUT2D eigenvalue weighted by atomic mass is 16.5. The van der Waals surface area contributed by atoms with Crippen molar-refractivity contribution in [3.8, 4) is 0 Å². The van der Waals surface area contributed by atoms with Gasteiger partial charge in [-0.05, 0) is 67.2 Å². The SMILES string of the molecule is CCOC(=O)C1(c2ccc(NC(=O)[C@@H](NC(=O)c3ccnn3C)C(C3CCC3)C3(C)CC3)cc2)CCOC1. The summed E-state index contributed by atoms with van der Waals surface area (Å²) in [7, 11) is 1.72. The van der Waals surface area contributed by atoms with E-state index in [0.717, 1.165) is 37.7 Å². The van der Waals surface area contributed by atoms with Crippen molar-refractivity contribution in [3.63, 3.8) is 0 Å². The molecule has 3 fully saturated rings. The molecule has 3 aliphatic rings. The molecule has 1 aromatic carbocycles. The third-order valence-corrected chi connectivity index (χ3v) is 8.88. The lowest BCUT2D eigenvalue weighted by atomic mass is 9.66. The predicted octanol–water partition coefficient (Wildman–Crippen LogP) is 3.59. The highest BCUT2D eigenvalue weighted by Gasteiger charge is 2.54. The molecule has 2 N–H and O–H groups in total. The van der Waals surface area contributed by atoms with E-state index >= 15 is 0 Å². The molecule has 2 amide bonds. The molecule has 2 unspecified atom stereocenters. The molecule has 2 aromatic rings. The number of carbonyl (C=O) groups is 3. The summed E-state index contributed by atoms with van der Waals surface area (Å²) >= 11 is 0. The molecule has 9 nitrogen and oxygen atoms in total. The number of amides is 2. The fraction of sp³-hybridized carbons (Fsp3) is 0.586. The van der Waals surface area contributed by atoms with Gasteiger partial charge in [0.1, 0.15) is 17.2 Å². The second-order valence-corrected chi connectivity index (χ2v) is 11.3. The van der Waals surface area contributed by atoms with Gasteiger partial charge in [0.2, 0.25) is 5.91 Å². The van der Waals surface area contributed by atoms with E-state index in [-0.39, 0.29) is 35.7 Å². The Morgan fingerprint density at radius 3 is 2.42 bits per heavy atom. The van der Waals surface area contributed by atoms with Gasteiger partial charge in [-0.3, -0.25) is 19.1 Å². The molecular formula is C29H38N4O5. The normalized spacial score (nSPS) is 23.7. The number of hydrogen-bond acceptors (Lipinski definition) is 6. The van der Waals surface area contributed by atoms with Crippen LogP contribution < -0.4 is 10.6 Å². The van der Waals surface area contributed by atoms with Crippen LogP contribution in [-0.2, 0) is 31.5 Å². The number of aryl methyl sites for hydroxylation is 1. The summed E-state index contributed by atoms with van der Waals surface area (Å²) in [5.41, 5.74) is 1.07. The van der Waals surface area contributed by atoms with E-state index in [4.69, 9.17) is 9.47 Å². The molecule has 5 rings (SSSR count). The molecule has 204 valence electrons. The van der Waals surface area contributed by atoms with E-state index in [1.54, 1.807) is 26.2 Å². The number of nitrogens with zero attached hydrogens (tertiary/aromatic N) is 2. The largest absolute Gasteiger partial charge is 0.465 e. The van der Waals surface area contributed by atoms with Gasteiger partial charge in [0.25, 0.3) is 5.91 Å². The van der Waals surface area contributed by atoms with Crippen molar-refractivity contribution in [2.75, 3.05) is 25.1 Å². The van der Waals surface area contributed by atoms with E-state index in [1.165, 1.54) is 4.68 Å². The van der Waals surface area contributed by atoms with Crippen molar-refractivity contribution in [2.24, 2.45) is 24.3 Å². The molecular weight excluding hydrogens is 484 g/mol. The molecule has 0 radical (unpaired) electrons. The highest BCUT2D eigenvalue weighted by molar-refractivity contribution is 6.01. The lowest BCUT2D eigenvalue weighted by Crippen LogP contribution is -2.54. The number of benzene rings is 1. The zero-order valence-corrected chi connectivity index (χ0v) is 22.5. The third kappa shape index (κ3) is 4.96. The minimum Gasteiger partial charge on any atom is -0.465 e. The first kappa shape index (κ1) is 26.4. The smallest absolute Gasteiger partial charge is 0.319 e. The van der Waals surface area contributed by atoms with Gasteiger partial charge in [-0.25, -0.2) is 0 Å². The van der Waals surface area contributed by atoms with E-state index in [0.29, 0.717) is 36.9 Å². The van der Waals surface area contributed by atoms with E-state index in [2.05, 4.69) is 22.7 Å². The Kier molecular flexibility index (Phi) is 7.31. The highest BCUT2D eigenvalue weighted by Crippen LogP contribution is 2.58. The Bertz CT molecular complexity index is 1180. The van der Waals surface area contributed by atoms with Crippen LogP contribution in [0.2, 0.25) is 0 Å². The molecule has 3 atom stereocenters.